The Kier molecular flexibility index (Phi) is 4.75. The van der Waals surface area contributed by atoms with Crippen molar-refractivity contribution >= 4 is 11.8 Å². The summed E-state index contributed by atoms with van der Waals surface area (Å²) in [6.07, 6.45) is 3.76. The van der Waals surface area contributed by atoms with Gasteiger partial charge in [-0.3, -0.25) is 0 Å². The van der Waals surface area contributed by atoms with Gasteiger partial charge in [0, 0.05) is 0 Å². The summed E-state index contributed by atoms with van der Waals surface area (Å²) in [6.45, 7) is 0. The number of halogens is 1. The van der Waals surface area contributed by atoms with Crippen LogP contribution in [0.1, 0.15) is 0 Å². The number of aromatic amines is 1. The van der Waals surface area contributed by atoms with Gasteiger partial charge in [0.05, 0.1) is 18.9 Å². The van der Waals surface area contributed by atoms with Crippen LogP contribution in [0.5, 0.6) is 0 Å². The zero-order valence-corrected chi connectivity index (χ0v) is 7.61. The van der Waals surface area contributed by atoms with Crippen molar-refractivity contribution in [2.24, 2.45) is 7.05 Å². The third-order valence-corrected chi connectivity index (χ3v) is 2.05. The molecule has 0 amide bonds. The van der Waals surface area contributed by atoms with Gasteiger partial charge in [-0.15, -0.1) is 0 Å². The fraction of sp³-hybridized carbons (Fsp3) is 0.333. The maximum atomic E-state index is 8.26. The van der Waals surface area contributed by atoms with Gasteiger partial charge in [-0.1, -0.05) is 0 Å². The Labute approximate surface area is 75.8 Å². The number of nitriles is 1. The summed E-state index contributed by atoms with van der Waals surface area (Å²) in [5.41, 5.74) is 0. The third kappa shape index (κ3) is 2.83. The van der Waals surface area contributed by atoms with Crippen LogP contribution in [0.25, 0.3) is 0 Å². The lowest BCUT2D eigenvalue weighted by Crippen LogP contribution is -3.00. The van der Waals surface area contributed by atoms with E-state index in [0.29, 0.717) is 5.75 Å². The van der Waals surface area contributed by atoms with Gasteiger partial charge in [0.15, 0.2) is 0 Å². The molecule has 5 heteroatoms. The molecular weight excluding hydrogens is 182 g/mol. The predicted octanol–water partition coefficient (Wildman–Crippen LogP) is -2.54. The normalized spacial score (nSPS) is 8.36. The highest BCUT2D eigenvalue weighted by Crippen LogP contribution is 2.07. The Hall–Kier alpha value is -0.660. The highest BCUT2D eigenvalue weighted by atomic mass is 35.5. The van der Waals surface area contributed by atoms with Crippen LogP contribution in [-0.4, -0.2) is 10.7 Å². The number of nitrogens with one attached hydrogen (secondary N) is 1. The van der Waals surface area contributed by atoms with Crippen LogP contribution in [0, 0.1) is 11.3 Å². The van der Waals surface area contributed by atoms with Crippen LogP contribution < -0.4 is 17.0 Å². The third-order valence-electron chi connectivity index (χ3n) is 1.10. The fourth-order valence-electron chi connectivity index (χ4n) is 0.634. The number of hydrogen-bond donors (Lipinski definition) is 1. The highest BCUT2D eigenvalue weighted by molar-refractivity contribution is 7.99. The van der Waals surface area contributed by atoms with Crippen LogP contribution in [0.2, 0.25) is 0 Å². The minimum atomic E-state index is 0. The van der Waals surface area contributed by atoms with Crippen LogP contribution >= 0.6 is 11.8 Å². The molecular formula is C6H8ClN3S. The second-order valence-electron chi connectivity index (χ2n) is 1.82. The first-order chi connectivity index (χ1) is 4.84. The molecule has 1 heterocycles. The number of aryl methyl sites for hydroxylation is 1. The predicted molar refractivity (Wildman–Crippen MR) is 38.3 cm³/mol. The molecule has 0 bridgehead atoms. The molecule has 1 aromatic rings. The molecule has 0 saturated heterocycles. The lowest BCUT2D eigenvalue weighted by molar-refractivity contribution is -0.708. The van der Waals surface area contributed by atoms with Crippen LogP contribution in [0.15, 0.2) is 17.6 Å². The van der Waals surface area contributed by atoms with Crippen LogP contribution in [0.4, 0.5) is 0 Å². The molecule has 0 unspecified atom stereocenters. The summed E-state index contributed by atoms with van der Waals surface area (Å²) in [6, 6.07) is 2.06. The van der Waals surface area contributed by atoms with Crippen molar-refractivity contribution in [2.75, 3.05) is 5.75 Å². The Morgan fingerprint density at radius 1 is 1.82 bits per heavy atom. The van der Waals surface area contributed by atoms with E-state index in [2.05, 4.69) is 11.1 Å². The zero-order valence-electron chi connectivity index (χ0n) is 6.04. The fourth-order valence-corrected chi connectivity index (χ4v) is 1.25. The monoisotopic (exact) mass is 189 g/mol. The van der Waals surface area contributed by atoms with Gasteiger partial charge in [-0.25, -0.2) is 9.55 Å². The summed E-state index contributed by atoms with van der Waals surface area (Å²) in [5.74, 6) is 0.494. The van der Waals surface area contributed by atoms with Crippen molar-refractivity contribution in [3.63, 3.8) is 0 Å². The minimum Gasteiger partial charge on any atom is -1.00 e. The molecule has 0 aliphatic heterocycles. The van der Waals surface area contributed by atoms with E-state index in [9.17, 15) is 0 Å². The molecule has 1 rings (SSSR count). The van der Waals surface area contributed by atoms with E-state index < -0.39 is 0 Å². The van der Waals surface area contributed by atoms with E-state index >= 15 is 0 Å². The summed E-state index contributed by atoms with van der Waals surface area (Å²) < 4.78 is 1.95. The molecule has 0 fully saturated rings. The van der Waals surface area contributed by atoms with Crippen molar-refractivity contribution in [1.82, 2.24) is 4.98 Å². The molecule has 60 valence electrons. The maximum absolute atomic E-state index is 8.26. The number of thioether (sulfide) groups is 1. The lowest BCUT2D eigenvalue weighted by Gasteiger charge is -1.86. The van der Waals surface area contributed by atoms with Gasteiger partial charge in [0.2, 0.25) is 0 Å². The van der Waals surface area contributed by atoms with Gasteiger partial charge in [0.25, 0.3) is 0 Å². The minimum absolute atomic E-state index is 0. The smallest absolute Gasteiger partial charge is 0.316 e. The number of rotatable bonds is 2. The molecule has 0 spiro atoms. The lowest BCUT2D eigenvalue weighted by atomic mass is 10.9. The quantitative estimate of drug-likeness (QED) is 0.412. The van der Waals surface area contributed by atoms with Gasteiger partial charge in [0.1, 0.15) is 12.4 Å². The van der Waals surface area contributed by atoms with Crippen LogP contribution in [-0.2, 0) is 7.05 Å². The Morgan fingerprint density at radius 3 is 3.00 bits per heavy atom. The molecule has 0 aliphatic rings. The van der Waals surface area contributed by atoms with Crippen LogP contribution in [0.3, 0.4) is 0 Å². The molecule has 11 heavy (non-hydrogen) atoms. The SMILES string of the molecule is C[n+]1cc[nH]c1SCC#N.[Cl-]. The van der Waals surface area contributed by atoms with Crippen molar-refractivity contribution in [3.05, 3.63) is 12.4 Å². The number of hydrogen-bond acceptors (Lipinski definition) is 2. The Balaban J connectivity index is 0.000001000. The highest BCUT2D eigenvalue weighted by Gasteiger charge is 2.04. The molecule has 0 atom stereocenters. The average molecular weight is 190 g/mol. The standard InChI is InChI=1S/C6H7N3S.ClH/c1-9-4-3-8-6(9)10-5-2-7;/h3-4H,5H2,1H3;1H. The number of H-pyrrole nitrogens is 1. The second kappa shape index (κ2) is 5.05. The second-order valence-corrected chi connectivity index (χ2v) is 2.79. The summed E-state index contributed by atoms with van der Waals surface area (Å²) in [4.78, 5) is 3.02. The van der Waals surface area contributed by atoms with E-state index in [4.69, 9.17) is 5.26 Å². The first kappa shape index (κ1) is 10.3. The van der Waals surface area contributed by atoms with Crippen molar-refractivity contribution in [3.8, 4) is 6.07 Å². The Bertz CT molecular complexity index is 253. The van der Waals surface area contributed by atoms with Gasteiger partial charge >= 0.3 is 5.16 Å². The molecule has 0 aromatic carbocycles. The van der Waals surface area contributed by atoms with Gasteiger partial charge in [-0.2, -0.15) is 5.26 Å². The summed E-state index contributed by atoms with van der Waals surface area (Å²) in [7, 11) is 1.94. The van der Waals surface area contributed by atoms with Crippen molar-refractivity contribution < 1.29 is 17.0 Å². The number of imidazole rings is 1. The molecule has 1 aromatic heterocycles. The maximum Gasteiger partial charge on any atom is 0.316 e. The summed E-state index contributed by atoms with van der Waals surface area (Å²) >= 11 is 1.50. The van der Waals surface area contributed by atoms with E-state index in [0.717, 1.165) is 5.16 Å². The van der Waals surface area contributed by atoms with Gasteiger partial charge in [-0.05, 0) is 11.8 Å². The first-order valence-corrected chi connectivity index (χ1v) is 3.86. The molecule has 1 N–H and O–H groups in total. The molecule has 0 radical (unpaired) electrons. The topological polar surface area (TPSA) is 43.5 Å². The first-order valence-electron chi connectivity index (χ1n) is 2.87. The van der Waals surface area contributed by atoms with Crippen molar-refractivity contribution in [2.45, 2.75) is 5.16 Å². The van der Waals surface area contributed by atoms with Crippen molar-refractivity contribution in [1.29, 1.82) is 5.26 Å². The average Bonchev–Trinajstić information content (AvgIpc) is 2.31. The van der Waals surface area contributed by atoms with E-state index in [1.807, 2.05) is 24.0 Å². The Morgan fingerprint density at radius 2 is 2.55 bits per heavy atom. The van der Waals surface area contributed by atoms with Gasteiger partial charge < -0.3 is 12.4 Å². The largest absolute Gasteiger partial charge is 1.00 e. The van der Waals surface area contributed by atoms with E-state index in [-0.39, 0.29) is 12.4 Å². The molecule has 3 nitrogen and oxygen atoms in total. The number of nitrogens with zero attached hydrogens (tertiary/aromatic N) is 2. The molecule has 0 aliphatic carbocycles. The number of aromatic nitrogens is 2. The van der Waals surface area contributed by atoms with E-state index in [1.54, 1.807) is 0 Å². The van der Waals surface area contributed by atoms with E-state index in [1.165, 1.54) is 11.8 Å². The zero-order chi connectivity index (χ0) is 7.40. The summed E-state index contributed by atoms with van der Waals surface area (Å²) in [5, 5.41) is 9.28. The molecule has 0 saturated carbocycles.